The van der Waals surface area contributed by atoms with Crippen LogP contribution in [-0.2, 0) is 0 Å². The maximum Gasteiger partial charge on any atom is 0.0176 e. The zero-order valence-electron chi connectivity index (χ0n) is 11.8. The molecule has 1 aromatic rings. The van der Waals surface area contributed by atoms with Crippen molar-refractivity contribution in [3.05, 3.63) is 85.0 Å². The van der Waals surface area contributed by atoms with E-state index in [2.05, 4.69) is 55.6 Å². The molecule has 2 rings (SSSR count). The first-order valence-corrected chi connectivity index (χ1v) is 8.52. The van der Waals surface area contributed by atoms with Gasteiger partial charge in [0, 0.05) is 11.3 Å². The summed E-state index contributed by atoms with van der Waals surface area (Å²) in [4.78, 5) is 0. The summed E-state index contributed by atoms with van der Waals surface area (Å²) in [7, 11) is -0.537. The van der Waals surface area contributed by atoms with Crippen LogP contribution in [0.15, 0.2) is 79.4 Å². The number of nitrogens with two attached hydrogens (primary N) is 1. The van der Waals surface area contributed by atoms with Crippen molar-refractivity contribution in [1.29, 1.82) is 0 Å². The highest BCUT2D eigenvalue weighted by Gasteiger charge is 2.35. The fourth-order valence-corrected chi connectivity index (χ4v) is 5.14. The Hall–Kier alpha value is -1.43. The summed E-state index contributed by atoms with van der Waals surface area (Å²) in [6, 6.07) is 10.7. The van der Waals surface area contributed by atoms with Crippen molar-refractivity contribution in [3.63, 3.8) is 0 Å². The fourth-order valence-electron chi connectivity index (χ4n) is 2.78. The summed E-state index contributed by atoms with van der Waals surface area (Å²) in [6.45, 7) is 7.55. The van der Waals surface area contributed by atoms with Crippen molar-refractivity contribution in [2.45, 2.75) is 24.2 Å². The molecule has 1 unspecified atom stereocenters. The molecule has 1 heterocycles. The van der Waals surface area contributed by atoms with Crippen LogP contribution < -0.4 is 5.50 Å². The summed E-state index contributed by atoms with van der Waals surface area (Å²) < 4.78 is 0. The van der Waals surface area contributed by atoms with Crippen molar-refractivity contribution >= 4 is 8.07 Å². The van der Waals surface area contributed by atoms with Crippen molar-refractivity contribution in [1.82, 2.24) is 0 Å². The topological polar surface area (TPSA) is 26.0 Å². The molecule has 20 heavy (non-hydrogen) atoms. The van der Waals surface area contributed by atoms with Crippen LogP contribution >= 0.6 is 8.07 Å². The first-order valence-electron chi connectivity index (χ1n) is 6.97. The summed E-state index contributed by atoms with van der Waals surface area (Å²) >= 11 is 0. The van der Waals surface area contributed by atoms with Gasteiger partial charge in [-0.15, -0.1) is 0 Å². The Bertz CT molecular complexity index is 515. The van der Waals surface area contributed by atoms with E-state index < -0.39 is 8.07 Å². The van der Waals surface area contributed by atoms with Crippen LogP contribution in [0.1, 0.15) is 24.1 Å². The Morgan fingerprint density at radius 2 is 1.90 bits per heavy atom. The van der Waals surface area contributed by atoms with E-state index in [-0.39, 0.29) is 0 Å². The molecular formula is C18H22NP. The average Bonchev–Trinajstić information content (AvgIpc) is 2.86. The van der Waals surface area contributed by atoms with E-state index in [0.29, 0.717) is 11.3 Å². The third kappa shape index (κ3) is 3.36. The van der Waals surface area contributed by atoms with Crippen molar-refractivity contribution in [2.24, 2.45) is 5.50 Å². The van der Waals surface area contributed by atoms with Gasteiger partial charge in [-0.2, -0.15) is 0 Å². The molecule has 1 saturated heterocycles. The second-order valence-corrected chi connectivity index (χ2v) is 7.11. The normalized spacial score (nSPS) is 26.9. The minimum atomic E-state index is -0.537. The molecule has 0 amide bonds. The molecule has 0 radical (unpaired) electrons. The van der Waals surface area contributed by atoms with Crippen LogP contribution in [0.5, 0.6) is 0 Å². The Morgan fingerprint density at radius 3 is 2.55 bits per heavy atom. The fraction of sp³-hybridized carbons (Fsp3) is 0.222. The zero-order valence-corrected chi connectivity index (χ0v) is 12.7. The Kier molecular flexibility index (Phi) is 5.52. The highest BCUT2D eigenvalue weighted by atomic mass is 31.1. The van der Waals surface area contributed by atoms with Crippen LogP contribution in [0.25, 0.3) is 0 Å². The van der Waals surface area contributed by atoms with Gasteiger partial charge in [0.25, 0.3) is 0 Å². The SMILES string of the molecule is C=C/C=C\C(=C/C=C)[C@@H]1CC[C@@H](c2ccccc2)P1N. The molecule has 2 heteroatoms. The zero-order chi connectivity index (χ0) is 14.4. The molecule has 104 valence electrons. The van der Waals surface area contributed by atoms with Crippen LogP contribution in [0.2, 0.25) is 0 Å². The first-order chi connectivity index (χ1) is 9.77. The van der Waals surface area contributed by atoms with Crippen LogP contribution in [0.3, 0.4) is 0 Å². The predicted molar refractivity (Wildman–Crippen MR) is 90.9 cm³/mol. The Balaban J connectivity index is 2.19. The van der Waals surface area contributed by atoms with E-state index in [1.165, 1.54) is 17.6 Å². The van der Waals surface area contributed by atoms with Gasteiger partial charge in [0.1, 0.15) is 0 Å². The van der Waals surface area contributed by atoms with E-state index in [1.54, 1.807) is 6.08 Å². The summed E-state index contributed by atoms with van der Waals surface area (Å²) in [5, 5.41) is 0. The van der Waals surface area contributed by atoms with Crippen molar-refractivity contribution in [2.75, 3.05) is 0 Å². The monoisotopic (exact) mass is 283 g/mol. The quantitative estimate of drug-likeness (QED) is 0.590. The van der Waals surface area contributed by atoms with Crippen LogP contribution in [0.4, 0.5) is 0 Å². The molecule has 0 spiro atoms. The Morgan fingerprint density at radius 1 is 1.15 bits per heavy atom. The standard InChI is InChI=1S/C18H22NP/c1-3-5-10-15(9-4-2)17-13-14-18(20(17)19)16-11-7-6-8-12-16/h3-12,17-18H,1-2,13-14,19H2/b10-5-,15-9+/t17-,18-,20?/m0/s1. The van der Waals surface area contributed by atoms with E-state index in [1.807, 2.05) is 12.2 Å². The number of allylic oxidation sites excluding steroid dienone is 6. The molecule has 1 aromatic carbocycles. The molecule has 1 aliphatic rings. The lowest BCUT2D eigenvalue weighted by Crippen LogP contribution is -2.08. The summed E-state index contributed by atoms with van der Waals surface area (Å²) in [6.07, 6.45) is 12.2. The van der Waals surface area contributed by atoms with Gasteiger partial charge in [-0.3, -0.25) is 0 Å². The lowest BCUT2D eigenvalue weighted by molar-refractivity contribution is 0.786. The Labute approximate surface area is 123 Å². The number of hydrogen-bond acceptors (Lipinski definition) is 1. The highest BCUT2D eigenvalue weighted by molar-refractivity contribution is 7.57. The summed E-state index contributed by atoms with van der Waals surface area (Å²) in [5.41, 5.74) is 10.2. The van der Waals surface area contributed by atoms with Crippen molar-refractivity contribution < 1.29 is 0 Å². The first kappa shape index (κ1) is 15.0. The van der Waals surface area contributed by atoms with Gasteiger partial charge in [0.05, 0.1) is 0 Å². The van der Waals surface area contributed by atoms with E-state index >= 15 is 0 Å². The maximum absolute atomic E-state index is 6.59. The van der Waals surface area contributed by atoms with E-state index in [4.69, 9.17) is 5.50 Å². The van der Waals surface area contributed by atoms with Gasteiger partial charge >= 0.3 is 0 Å². The number of benzene rings is 1. The molecule has 1 fully saturated rings. The molecule has 2 N–H and O–H groups in total. The minimum absolute atomic E-state index is 0.462. The predicted octanol–water partition coefficient (Wildman–Crippen LogP) is 5.10. The molecular weight excluding hydrogens is 261 g/mol. The molecule has 0 saturated carbocycles. The third-order valence-electron chi connectivity index (χ3n) is 3.74. The number of hydrogen-bond donors (Lipinski definition) is 1. The van der Waals surface area contributed by atoms with Gasteiger partial charge < -0.3 is 5.50 Å². The minimum Gasteiger partial charge on any atom is -0.309 e. The van der Waals surface area contributed by atoms with Gasteiger partial charge in [-0.25, -0.2) is 0 Å². The van der Waals surface area contributed by atoms with Crippen LogP contribution in [0, 0.1) is 0 Å². The molecule has 3 atom stereocenters. The van der Waals surface area contributed by atoms with Gasteiger partial charge in [-0.1, -0.05) is 73.9 Å². The molecule has 1 aliphatic heterocycles. The summed E-state index contributed by atoms with van der Waals surface area (Å²) in [5.74, 6) is 0. The largest absolute Gasteiger partial charge is 0.309 e. The van der Waals surface area contributed by atoms with Gasteiger partial charge in [-0.05, 0) is 32.1 Å². The smallest absolute Gasteiger partial charge is 0.0176 e. The lowest BCUT2D eigenvalue weighted by atomic mass is 10.0. The lowest BCUT2D eigenvalue weighted by Gasteiger charge is -2.22. The van der Waals surface area contributed by atoms with E-state index in [9.17, 15) is 0 Å². The second kappa shape index (κ2) is 7.38. The highest BCUT2D eigenvalue weighted by Crippen LogP contribution is 2.60. The molecule has 1 nitrogen and oxygen atoms in total. The van der Waals surface area contributed by atoms with Crippen molar-refractivity contribution in [3.8, 4) is 0 Å². The van der Waals surface area contributed by atoms with Crippen LogP contribution in [-0.4, -0.2) is 5.66 Å². The molecule has 0 aromatic heterocycles. The number of rotatable bonds is 5. The molecule has 0 bridgehead atoms. The third-order valence-corrected chi connectivity index (χ3v) is 6.29. The van der Waals surface area contributed by atoms with Gasteiger partial charge in [0.15, 0.2) is 0 Å². The molecule has 0 aliphatic carbocycles. The van der Waals surface area contributed by atoms with Gasteiger partial charge in [0.2, 0.25) is 0 Å². The second-order valence-electron chi connectivity index (χ2n) is 4.96. The van der Waals surface area contributed by atoms with E-state index in [0.717, 1.165) is 6.42 Å². The maximum atomic E-state index is 6.59. The average molecular weight is 283 g/mol.